The smallest absolute Gasteiger partial charge is 0.223 e. The number of pyridine rings is 1. The van der Waals surface area contributed by atoms with Crippen molar-refractivity contribution in [1.82, 2.24) is 25.2 Å². The maximum Gasteiger partial charge on any atom is 0.223 e. The Kier molecular flexibility index (Phi) is 5.72. The molecule has 0 saturated heterocycles. The van der Waals surface area contributed by atoms with Gasteiger partial charge in [-0.15, -0.1) is 15.0 Å². The van der Waals surface area contributed by atoms with Crippen molar-refractivity contribution in [3.8, 4) is 34.4 Å². The first-order chi connectivity index (χ1) is 13.6. The van der Waals surface area contributed by atoms with Crippen LogP contribution in [0, 0.1) is 18.3 Å². The van der Waals surface area contributed by atoms with Gasteiger partial charge in [-0.25, -0.2) is 0 Å². The molecule has 2 heterocycles. The van der Waals surface area contributed by atoms with Crippen LogP contribution in [0.4, 0.5) is 5.69 Å². The first kappa shape index (κ1) is 18.7. The summed E-state index contributed by atoms with van der Waals surface area (Å²) in [6, 6.07) is 21.2. The van der Waals surface area contributed by atoms with E-state index in [1.165, 1.54) is 11.7 Å². The highest BCUT2D eigenvalue weighted by molar-refractivity contribution is 5.78. The van der Waals surface area contributed by atoms with E-state index in [2.05, 4.69) is 20.4 Å². The topological polar surface area (TPSA) is 106 Å². The van der Waals surface area contributed by atoms with Crippen molar-refractivity contribution in [1.29, 1.82) is 5.26 Å². The van der Waals surface area contributed by atoms with Gasteiger partial charge in [-0.1, -0.05) is 30.3 Å². The van der Waals surface area contributed by atoms with Gasteiger partial charge in [0.15, 0.2) is 0 Å². The average molecular weight is 369 g/mol. The summed E-state index contributed by atoms with van der Waals surface area (Å²) in [6.45, 7) is 3.47. The maximum absolute atomic E-state index is 7.32. The van der Waals surface area contributed by atoms with Gasteiger partial charge in [-0.2, -0.15) is 5.26 Å². The molecule has 4 aromatic rings. The molecule has 28 heavy (non-hydrogen) atoms. The van der Waals surface area contributed by atoms with E-state index in [1.807, 2.05) is 67.6 Å². The van der Waals surface area contributed by atoms with Crippen LogP contribution in [0.3, 0.4) is 0 Å². The molecule has 0 radical (unpaired) electrons. The van der Waals surface area contributed by atoms with E-state index in [0.29, 0.717) is 11.5 Å². The lowest BCUT2D eigenvalue weighted by Gasteiger charge is -2.10. The molecule has 4 rings (SSSR count). The molecular formula is C21H19N7. The van der Waals surface area contributed by atoms with Crippen molar-refractivity contribution in [2.24, 2.45) is 0 Å². The summed E-state index contributed by atoms with van der Waals surface area (Å²) < 4.78 is 0. The fourth-order valence-corrected chi connectivity index (χ4v) is 2.74. The quantitative estimate of drug-likeness (QED) is 0.550. The minimum atomic E-state index is 0.495. The second-order valence-electron chi connectivity index (χ2n) is 5.93. The second-order valence-corrected chi connectivity index (χ2v) is 5.93. The largest absolute Gasteiger partial charge is 0.398 e. The fraction of sp³-hybridized carbons (Fsp3) is 0.0952. The highest BCUT2D eigenvalue weighted by Crippen LogP contribution is 2.29. The Balaban J connectivity index is 0.000000706. The minimum Gasteiger partial charge on any atom is -0.398 e. The molecule has 7 nitrogen and oxygen atoms in total. The Labute approximate surface area is 163 Å². The monoisotopic (exact) mass is 369 g/mol. The van der Waals surface area contributed by atoms with Crippen LogP contribution in [0.1, 0.15) is 12.5 Å². The lowest BCUT2D eigenvalue weighted by molar-refractivity contribution is 0.719. The molecule has 0 bridgehead atoms. The number of hydrogen-bond acceptors (Lipinski definition) is 6. The summed E-state index contributed by atoms with van der Waals surface area (Å²) in [4.78, 5) is 5.75. The molecule has 0 unspecified atom stereocenters. The Hall–Kier alpha value is -4.05. The van der Waals surface area contributed by atoms with E-state index < -0.39 is 0 Å². The van der Waals surface area contributed by atoms with Gasteiger partial charge in [0.1, 0.15) is 5.69 Å². The predicted molar refractivity (Wildman–Crippen MR) is 108 cm³/mol. The SMILES string of the molecule is CC#N.Cc1cc(-n2nnc(-c3ccccn3)n2)ccc1-c1ccccc1N. The molecule has 138 valence electrons. The number of anilines is 1. The predicted octanol–water partition coefficient (Wildman–Crippen LogP) is 3.81. The van der Waals surface area contributed by atoms with Crippen LogP contribution in [0.15, 0.2) is 66.9 Å². The van der Waals surface area contributed by atoms with Crippen molar-refractivity contribution >= 4 is 5.69 Å². The standard InChI is InChI=1S/C19H16N6.C2H3N/c1-13-12-14(9-10-15(13)16-6-2-3-7-17(16)20)25-23-19(22-24-25)18-8-4-5-11-21-18;1-2-3/h2-12H,20H2,1H3;1H3. The third kappa shape index (κ3) is 4.02. The van der Waals surface area contributed by atoms with Crippen LogP contribution < -0.4 is 5.73 Å². The highest BCUT2D eigenvalue weighted by atomic mass is 15.6. The van der Waals surface area contributed by atoms with Crippen molar-refractivity contribution in [3.63, 3.8) is 0 Å². The van der Waals surface area contributed by atoms with E-state index in [0.717, 1.165) is 28.1 Å². The lowest BCUT2D eigenvalue weighted by atomic mass is 9.99. The molecule has 2 aromatic carbocycles. The van der Waals surface area contributed by atoms with E-state index >= 15 is 0 Å². The van der Waals surface area contributed by atoms with Gasteiger partial charge in [0.2, 0.25) is 5.82 Å². The van der Waals surface area contributed by atoms with Gasteiger partial charge in [0.05, 0.1) is 11.8 Å². The molecule has 0 fully saturated rings. The zero-order valence-corrected chi connectivity index (χ0v) is 15.6. The molecule has 2 aromatic heterocycles. The number of nitrogen functional groups attached to an aromatic ring is 1. The van der Waals surface area contributed by atoms with Gasteiger partial charge in [0, 0.05) is 24.4 Å². The number of benzene rings is 2. The molecule has 7 heteroatoms. The molecule has 0 atom stereocenters. The van der Waals surface area contributed by atoms with Crippen LogP contribution in [-0.2, 0) is 0 Å². The normalized spacial score (nSPS) is 9.89. The molecule has 0 amide bonds. The molecule has 0 aliphatic rings. The van der Waals surface area contributed by atoms with Crippen molar-refractivity contribution in [3.05, 3.63) is 72.4 Å². The van der Waals surface area contributed by atoms with E-state index in [9.17, 15) is 0 Å². The van der Waals surface area contributed by atoms with Gasteiger partial charge < -0.3 is 5.73 Å². The van der Waals surface area contributed by atoms with Crippen LogP contribution in [0.2, 0.25) is 0 Å². The number of aromatic nitrogens is 5. The number of nitriles is 1. The molecule has 0 spiro atoms. The molecule has 0 aliphatic heterocycles. The van der Waals surface area contributed by atoms with Crippen molar-refractivity contribution in [2.45, 2.75) is 13.8 Å². The highest BCUT2D eigenvalue weighted by Gasteiger charge is 2.10. The second kappa shape index (κ2) is 8.56. The Bertz CT molecular complexity index is 1110. The number of aryl methyl sites for hydroxylation is 1. The zero-order chi connectivity index (χ0) is 19.9. The zero-order valence-electron chi connectivity index (χ0n) is 15.6. The number of rotatable bonds is 3. The summed E-state index contributed by atoms with van der Waals surface area (Å²) in [5, 5.41) is 20.0. The van der Waals surface area contributed by atoms with Crippen LogP contribution >= 0.6 is 0 Å². The third-order valence-corrected chi connectivity index (χ3v) is 4.00. The molecule has 0 saturated carbocycles. The van der Waals surface area contributed by atoms with Crippen LogP contribution in [0.5, 0.6) is 0 Å². The number of nitrogens with zero attached hydrogens (tertiary/aromatic N) is 6. The first-order valence-corrected chi connectivity index (χ1v) is 8.62. The van der Waals surface area contributed by atoms with Crippen LogP contribution in [-0.4, -0.2) is 25.2 Å². The fourth-order valence-electron chi connectivity index (χ4n) is 2.74. The average Bonchev–Trinajstić information content (AvgIpc) is 3.20. The molecule has 0 aliphatic carbocycles. The Morgan fingerprint density at radius 1 is 1.00 bits per heavy atom. The first-order valence-electron chi connectivity index (χ1n) is 8.62. The molecule has 2 N–H and O–H groups in total. The molecular weight excluding hydrogens is 350 g/mol. The number of hydrogen-bond donors (Lipinski definition) is 1. The summed E-state index contributed by atoms with van der Waals surface area (Å²) in [7, 11) is 0. The van der Waals surface area contributed by atoms with Crippen LogP contribution in [0.25, 0.3) is 28.3 Å². The van der Waals surface area contributed by atoms with E-state index in [4.69, 9.17) is 11.0 Å². The summed E-state index contributed by atoms with van der Waals surface area (Å²) in [5.41, 5.74) is 11.6. The van der Waals surface area contributed by atoms with Gasteiger partial charge in [0.25, 0.3) is 0 Å². The van der Waals surface area contributed by atoms with Crippen molar-refractivity contribution < 1.29 is 0 Å². The van der Waals surface area contributed by atoms with Crippen molar-refractivity contribution in [2.75, 3.05) is 5.73 Å². The van der Waals surface area contributed by atoms with E-state index in [-0.39, 0.29) is 0 Å². The Morgan fingerprint density at radius 2 is 1.75 bits per heavy atom. The van der Waals surface area contributed by atoms with Gasteiger partial charge in [-0.3, -0.25) is 4.98 Å². The summed E-state index contributed by atoms with van der Waals surface area (Å²) >= 11 is 0. The third-order valence-electron chi connectivity index (χ3n) is 4.00. The maximum atomic E-state index is 7.32. The number of nitrogens with two attached hydrogens (primary N) is 1. The van der Waals surface area contributed by atoms with Gasteiger partial charge >= 0.3 is 0 Å². The minimum absolute atomic E-state index is 0.495. The lowest BCUT2D eigenvalue weighted by Crippen LogP contribution is -2.00. The number of tetrazole rings is 1. The van der Waals surface area contributed by atoms with Gasteiger partial charge in [-0.05, 0) is 53.6 Å². The summed E-state index contributed by atoms with van der Waals surface area (Å²) in [6.07, 6.45) is 1.71. The van der Waals surface area contributed by atoms with E-state index in [1.54, 1.807) is 12.3 Å². The number of para-hydroxylation sites is 1. The summed E-state index contributed by atoms with van der Waals surface area (Å²) in [5.74, 6) is 0.495. The Morgan fingerprint density at radius 3 is 2.43 bits per heavy atom.